The Labute approximate surface area is 113 Å². The number of rotatable bonds is 3. The SMILES string of the molecule is C=CC(=O)NC(O)[C@@H]1CCCN1C(=O)OC(C)(C)C. The second-order valence-electron chi connectivity index (χ2n) is 5.54. The first-order valence-electron chi connectivity index (χ1n) is 6.35. The van der Waals surface area contributed by atoms with E-state index in [9.17, 15) is 14.7 Å². The van der Waals surface area contributed by atoms with Crippen LogP contribution in [0.2, 0.25) is 0 Å². The molecule has 0 bridgehead atoms. The molecule has 6 heteroatoms. The van der Waals surface area contributed by atoms with Crippen molar-refractivity contribution in [3.63, 3.8) is 0 Å². The highest BCUT2D eigenvalue weighted by Gasteiger charge is 2.36. The lowest BCUT2D eigenvalue weighted by Crippen LogP contribution is -2.51. The summed E-state index contributed by atoms with van der Waals surface area (Å²) in [5.41, 5.74) is -0.584. The van der Waals surface area contributed by atoms with Crippen LogP contribution in [0, 0.1) is 0 Å². The fourth-order valence-electron chi connectivity index (χ4n) is 1.97. The molecule has 0 aromatic rings. The van der Waals surface area contributed by atoms with E-state index in [1.165, 1.54) is 4.90 Å². The third-order valence-electron chi connectivity index (χ3n) is 2.77. The molecule has 1 unspecified atom stereocenters. The Morgan fingerprint density at radius 2 is 2.16 bits per heavy atom. The minimum atomic E-state index is -1.11. The van der Waals surface area contributed by atoms with E-state index in [2.05, 4.69) is 11.9 Å². The highest BCUT2D eigenvalue weighted by atomic mass is 16.6. The smallest absolute Gasteiger partial charge is 0.410 e. The monoisotopic (exact) mass is 270 g/mol. The Morgan fingerprint density at radius 3 is 2.68 bits per heavy atom. The standard InChI is InChI=1S/C13H22N2O4/c1-5-10(16)14-11(17)9-7-6-8-15(9)12(18)19-13(2,3)4/h5,9,11,17H,1,6-8H2,2-4H3,(H,14,16)/t9-,11?/m0/s1. The Balaban J connectivity index is 2.65. The molecule has 1 heterocycles. The number of carbonyl (C=O) groups excluding carboxylic acids is 2. The number of hydrogen-bond acceptors (Lipinski definition) is 4. The van der Waals surface area contributed by atoms with Gasteiger partial charge in [-0.2, -0.15) is 0 Å². The largest absolute Gasteiger partial charge is 0.444 e. The molecule has 2 amide bonds. The first-order chi connectivity index (χ1) is 8.74. The molecule has 1 rings (SSSR count). The summed E-state index contributed by atoms with van der Waals surface area (Å²) in [5, 5.41) is 12.3. The molecule has 1 saturated heterocycles. The van der Waals surface area contributed by atoms with Gasteiger partial charge in [0.25, 0.3) is 0 Å². The molecule has 2 N–H and O–H groups in total. The van der Waals surface area contributed by atoms with Crippen molar-refractivity contribution in [3.05, 3.63) is 12.7 Å². The van der Waals surface area contributed by atoms with E-state index in [0.717, 1.165) is 12.5 Å². The van der Waals surface area contributed by atoms with Gasteiger partial charge >= 0.3 is 6.09 Å². The van der Waals surface area contributed by atoms with Gasteiger partial charge in [-0.25, -0.2) is 4.79 Å². The highest BCUT2D eigenvalue weighted by molar-refractivity contribution is 5.87. The summed E-state index contributed by atoms with van der Waals surface area (Å²) in [4.78, 5) is 24.6. The Kier molecular flexibility index (Phi) is 4.94. The summed E-state index contributed by atoms with van der Waals surface area (Å²) >= 11 is 0. The van der Waals surface area contributed by atoms with Crippen molar-refractivity contribution in [2.24, 2.45) is 0 Å². The molecule has 0 aromatic heterocycles. The zero-order valence-corrected chi connectivity index (χ0v) is 11.7. The number of hydrogen-bond donors (Lipinski definition) is 2. The molecule has 1 fully saturated rings. The molecule has 0 aromatic carbocycles. The normalized spacial score (nSPS) is 20.8. The van der Waals surface area contributed by atoms with Crippen LogP contribution in [-0.2, 0) is 9.53 Å². The van der Waals surface area contributed by atoms with Crippen molar-refractivity contribution in [1.29, 1.82) is 0 Å². The van der Waals surface area contributed by atoms with Crippen LogP contribution in [0.25, 0.3) is 0 Å². The molecule has 1 aliphatic rings. The summed E-state index contributed by atoms with van der Waals surface area (Å²) in [6, 6.07) is -0.459. The predicted octanol–water partition coefficient (Wildman–Crippen LogP) is 1.01. The highest BCUT2D eigenvalue weighted by Crippen LogP contribution is 2.22. The summed E-state index contributed by atoms with van der Waals surface area (Å²) in [6.07, 6.45) is 0.890. The average Bonchev–Trinajstić information content (AvgIpc) is 2.75. The zero-order valence-electron chi connectivity index (χ0n) is 11.7. The number of aliphatic hydroxyl groups excluding tert-OH is 1. The summed E-state index contributed by atoms with van der Waals surface area (Å²) in [5.74, 6) is -0.469. The lowest BCUT2D eigenvalue weighted by atomic mass is 10.2. The van der Waals surface area contributed by atoms with Gasteiger partial charge in [0.15, 0.2) is 0 Å². The van der Waals surface area contributed by atoms with Crippen molar-refractivity contribution in [1.82, 2.24) is 10.2 Å². The van der Waals surface area contributed by atoms with E-state index in [1.54, 1.807) is 20.8 Å². The molecular formula is C13H22N2O4. The second kappa shape index (κ2) is 6.06. The van der Waals surface area contributed by atoms with E-state index in [-0.39, 0.29) is 0 Å². The molecule has 0 saturated carbocycles. The lowest BCUT2D eigenvalue weighted by molar-refractivity contribution is -0.120. The molecule has 2 atom stereocenters. The summed E-state index contributed by atoms with van der Waals surface area (Å²) < 4.78 is 5.28. The van der Waals surface area contributed by atoms with Gasteiger partial charge in [0, 0.05) is 6.54 Å². The van der Waals surface area contributed by atoms with Crippen LogP contribution in [0.4, 0.5) is 4.79 Å². The van der Waals surface area contributed by atoms with E-state index < -0.39 is 29.9 Å². The van der Waals surface area contributed by atoms with Gasteiger partial charge in [-0.15, -0.1) is 0 Å². The maximum Gasteiger partial charge on any atom is 0.410 e. The molecular weight excluding hydrogens is 248 g/mol. The molecule has 108 valence electrons. The first kappa shape index (κ1) is 15.5. The molecule has 6 nitrogen and oxygen atoms in total. The van der Waals surface area contributed by atoms with Crippen LogP contribution < -0.4 is 5.32 Å². The fourth-order valence-corrected chi connectivity index (χ4v) is 1.97. The number of amides is 2. The maximum absolute atomic E-state index is 12.0. The molecule has 0 spiro atoms. The van der Waals surface area contributed by atoms with E-state index in [4.69, 9.17) is 4.74 Å². The van der Waals surface area contributed by atoms with Crippen molar-refractivity contribution in [2.75, 3.05) is 6.54 Å². The zero-order chi connectivity index (χ0) is 14.6. The van der Waals surface area contributed by atoms with Crippen LogP contribution in [0.15, 0.2) is 12.7 Å². The van der Waals surface area contributed by atoms with Crippen molar-refractivity contribution in [3.8, 4) is 0 Å². The van der Waals surface area contributed by atoms with E-state index in [1.807, 2.05) is 0 Å². The number of nitrogens with zero attached hydrogens (tertiary/aromatic N) is 1. The Bertz CT molecular complexity index is 362. The third-order valence-corrected chi connectivity index (χ3v) is 2.77. The molecule has 19 heavy (non-hydrogen) atoms. The Hall–Kier alpha value is -1.56. The number of carbonyl (C=O) groups is 2. The van der Waals surface area contributed by atoms with Gasteiger partial charge in [-0.1, -0.05) is 6.58 Å². The van der Waals surface area contributed by atoms with Crippen LogP contribution in [0.1, 0.15) is 33.6 Å². The minimum absolute atomic E-state index is 0.459. The van der Waals surface area contributed by atoms with E-state index >= 15 is 0 Å². The predicted molar refractivity (Wildman–Crippen MR) is 70.3 cm³/mol. The van der Waals surface area contributed by atoms with Crippen LogP contribution in [-0.4, -0.2) is 46.4 Å². The molecule has 0 radical (unpaired) electrons. The Morgan fingerprint density at radius 1 is 1.53 bits per heavy atom. The van der Waals surface area contributed by atoms with Gasteiger partial charge in [0.1, 0.15) is 11.8 Å². The lowest BCUT2D eigenvalue weighted by Gasteiger charge is -2.31. The minimum Gasteiger partial charge on any atom is -0.444 e. The molecule has 1 aliphatic heterocycles. The van der Waals surface area contributed by atoms with Gasteiger partial charge < -0.3 is 20.1 Å². The average molecular weight is 270 g/mol. The quantitative estimate of drug-likeness (QED) is 0.592. The summed E-state index contributed by atoms with van der Waals surface area (Å²) in [6.45, 7) is 9.18. The van der Waals surface area contributed by atoms with Crippen LogP contribution in [0.3, 0.4) is 0 Å². The topological polar surface area (TPSA) is 78.9 Å². The fraction of sp³-hybridized carbons (Fsp3) is 0.692. The van der Waals surface area contributed by atoms with E-state index in [0.29, 0.717) is 13.0 Å². The van der Waals surface area contributed by atoms with Gasteiger partial charge in [-0.3, -0.25) is 4.79 Å². The first-order valence-corrected chi connectivity index (χ1v) is 6.35. The number of likely N-dealkylation sites (tertiary alicyclic amines) is 1. The molecule has 0 aliphatic carbocycles. The van der Waals surface area contributed by atoms with Crippen LogP contribution >= 0.6 is 0 Å². The van der Waals surface area contributed by atoms with Gasteiger partial charge in [0.2, 0.25) is 5.91 Å². The number of aliphatic hydroxyl groups is 1. The van der Waals surface area contributed by atoms with Crippen molar-refractivity contribution < 1.29 is 19.4 Å². The van der Waals surface area contributed by atoms with Gasteiger partial charge in [0.05, 0.1) is 6.04 Å². The van der Waals surface area contributed by atoms with Crippen molar-refractivity contribution in [2.45, 2.75) is 51.5 Å². The second-order valence-corrected chi connectivity index (χ2v) is 5.54. The van der Waals surface area contributed by atoms with Gasteiger partial charge in [-0.05, 0) is 39.7 Å². The van der Waals surface area contributed by atoms with Crippen LogP contribution in [0.5, 0.6) is 0 Å². The summed E-state index contributed by atoms with van der Waals surface area (Å²) in [7, 11) is 0. The van der Waals surface area contributed by atoms with Crippen molar-refractivity contribution >= 4 is 12.0 Å². The third kappa shape index (κ3) is 4.55. The number of ether oxygens (including phenoxy) is 1. The maximum atomic E-state index is 12.0. The number of nitrogens with one attached hydrogen (secondary N) is 1.